The van der Waals surface area contributed by atoms with Crippen molar-refractivity contribution in [3.63, 3.8) is 0 Å². The molecular formula is C20H31ClN4O2. The molecule has 0 aliphatic carbocycles. The molecule has 1 heterocycles. The summed E-state index contributed by atoms with van der Waals surface area (Å²) in [5.74, 6) is 1.82. The largest absolute Gasteiger partial charge is 0.496 e. The summed E-state index contributed by atoms with van der Waals surface area (Å²) in [7, 11) is 1.63. The monoisotopic (exact) mass is 394 g/mol. The van der Waals surface area contributed by atoms with Crippen molar-refractivity contribution in [1.29, 1.82) is 0 Å². The van der Waals surface area contributed by atoms with Crippen molar-refractivity contribution in [1.82, 2.24) is 15.5 Å². The summed E-state index contributed by atoms with van der Waals surface area (Å²) < 4.78 is 5.39. The summed E-state index contributed by atoms with van der Waals surface area (Å²) >= 11 is 6.02. The van der Waals surface area contributed by atoms with E-state index in [1.807, 2.05) is 37.8 Å². The first-order valence-electron chi connectivity index (χ1n) is 9.60. The van der Waals surface area contributed by atoms with E-state index >= 15 is 0 Å². The molecule has 1 fully saturated rings. The standard InChI is InChI=1S/C20H31ClN4O2/c1-5-22-20(23-13-15-6-7-16(21)12-18(15)27-4)24-17-8-10-25(11-9-17)19(26)14(2)3/h6-7,12,14,17H,5,8-11,13H2,1-4H3,(H2,22,23,24). The summed E-state index contributed by atoms with van der Waals surface area (Å²) in [6.07, 6.45) is 1.85. The average Bonchev–Trinajstić information content (AvgIpc) is 2.66. The third-order valence-electron chi connectivity index (χ3n) is 4.64. The molecule has 0 aromatic heterocycles. The van der Waals surface area contributed by atoms with Crippen LogP contribution in [0.1, 0.15) is 39.2 Å². The number of aliphatic imine (C=N–C) groups is 1. The van der Waals surface area contributed by atoms with Gasteiger partial charge in [-0.25, -0.2) is 4.99 Å². The number of halogens is 1. The highest BCUT2D eigenvalue weighted by Gasteiger charge is 2.24. The number of ether oxygens (including phenoxy) is 1. The highest BCUT2D eigenvalue weighted by molar-refractivity contribution is 6.30. The zero-order valence-corrected chi connectivity index (χ0v) is 17.5. The first-order chi connectivity index (χ1) is 12.9. The number of nitrogens with zero attached hydrogens (tertiary/aromatic N) is 2. The molecule has 0 unspecified atom stereocenters. The van der Waals surface area contributed by atoms with Crippen LogP contribution in [0.2, 0.25) is 5.02 Å². The van der Waals surface area contributed by atoms with Gasteiger partial charge in [0, 0.05) is 42.2 Å². The fourth-order valence-electron chi connectivity index (χ4n) is 3.14. The van der Waals surface area contributed by atoms with Gasteiger partial charge in [0.25, 0.3) is 0 Å². The molecule has 6 nitrogen and oxygen atoms in total. The summed E-state index contributed by atoms with van der Waals surface area (Å²) in [5, 5.41) is 7.44. The van der Waals surface area contributed by atoms with Crippen molar-refractivity contribution >= 4 is 23.5 Å². The van der Waals surface area contributed by atoms with E-state index < -0.39 is 0 Å². The smallest absolute Gasteiger partial charge is 0.225 e. The van der Waals surface area contributed by atoms with Gasteiger partial charge in [-0.1, -0.05) is 31.5 Å². The van der Waals surface area contributed by atoms with Gasteiger partial charge in [-0.15, -0.1) is 0 Å². The third-order valence-corrected chi connectivity index (χ3v) is 4.88. The van der Waals surface area contributed by atoms with Crippen LogP contribution in [0.25, 0.3) is 0 Å². The Labute approximate surface area is 167 Å². The van der Waals surface area contributed by atoms with Crippen LogP contribution in [-0.4, -0.2) is 49.6 Å². The molecule has 0 bridgehead atoms. The second-order valence-corrected chi connectivity index (χ2v) is 7.49. The lowest BCUT2D eigenvalue weighted by Crippen LogP contribution is -2.50. The van der Waals surface area contributed by atoms with Crippen LogP contribution in [-0.2, 0) is 11.3 Å². The zero-order chi connectivity index (χ0) is 19.8. The lowest BCUT2D eigenvalue weighted by molar-refractivity contribution is -0.135. The molecular weight excluding hydrogens is 364 g/mol. The second kappa shape index (κ2) is 10.4. The number of methoxy groups -OCH3 is 1. The predicted octanol–water partition coefficient (Wildman–Crippen LogP) is 3.05. The molecule has 0 atom stereocenters. The van der Waals surface area contributed by atoms with E-state index in [2.05, 4.69) is 15.6 Å². The van der Waals surface area contributed by atoms with Crippen molar-refractivity contribution in [2.75, 3.05) is 26.7 Å². The topological polar surface area (TPSA) is 66.0 Å². The van der Waals surface area contributed by atoms with Crippen molar-refractivity contribution in [3.05, 3.63) is 28.8 Å². The van der Waals surface area contributed by atoms with Gasteiger partial charge in [0.2, 0.25) is 5.91 Å². The Balaban J connectivity index is 1.96. The molecule has 1 aromatic carbocycles. The van der Waals surface area contributed by atoms with E-state index in [-0.39, 0.29) is 11.8 Å². The first-order valence-corrected chi connectivity index (χ1v) is 9.98. The zero-order valence-electron chi connectivity index (χ0n) is 16.7. The van der Waals surface area contributed by atoms with E-state index in [9.17, 15) is 4.79 Å². The Morgan fingerprint density at radius 1 is 1.37 bits per heavy atom. The molecule has 0 radical (unpaired) electrons. The highest BCUT2D eigenvalue weighted by atomic mass is 35.5. The quantitative estimate of drug-likeness (QED) is 0.575. The molecule has 1 aliphatic rings. The Bertz CT molecular complexity index is 655. The van der Waals surface area contributed by atoms with Crippen LogP contribution in [0.5, 0.6) is 5.75 Å². The SMILES string of the molecule is CCNC(=NCc1ccc(Cl)cc1OC)NC1CCN(C(=O)C(C)C)CC1. The molecule has 1 aliphatic heterocycles. The number of carbonyl (C=O) groups excluding carboxylic acids is 1. The number of piperidine rings is 1. The number of hydrogen-bond acceptors (Lipinski definition) is 3. The number of hydrogen-bond donors (Lipinski definition) is 2. The molecule has 2 N–H and O–H groups in total. The predicted molar refractivity (Wildman–Crippen MR) is 110 cm³/mol. The average molecular weight is 395 g/mol. The minimum atomic E-state index is 0.0581. The van der Waals surface area contributed by atoms with E-state index in [1.165, 1.54) is 0 Å². The molecule has 2 rings (SSSR count). The van der Waals surface area contributed by atoms with Crippen molar-refractivity contribution in [2.24, 2.45) is 10.9 Å². The van der Waals surface area contributed by atoms with Gasteiger partial charge in [-0.2, -0.15) is 0 Å². The first kappa shape index (κ1) is 21.4. The Hall–Kier alpha value is -1.95. The van der Waals surface area contributed by atoms with Crippen LogP contribution < -0.4 is 15.4 Å². The van der Waals surface area contributed by atoms with Gasteiger partial charge in [-0.3, -0.25) is 4.79 Å². The van der Waals surface area contributed by atoms with Gasteiger partial charge in [0.1, 0.15) is 5.75 Å². The number of rotatable bonds is 6. The molecule has 1 aromatic rings. The number of likely N-dealkylation sites (tertiary alicyclic amines) is 1. The van der Waals surface area contributed by atoms with E-state index in [0.29, 0.717) is 17.6 Å². The van der Waals surface area contributed by atoms with Crippen molar-refractivity contribution in [2.45, 2.75) is 46.2 Å². The van der Waals surface area contributed by atoms with Gasteiger partial charge >= 0.3 is 0 Å². The maximum Gasteiger partial charge on any atom is 0.225 e. The lowest BCUT2D eigenvalue weighted by atomic mass is 10.0. The molecule has 0 saturated carbocycles. The maximum absolute atomic E-state index is 12.1. The van der Waals surface area contributed by atoms with E-state index in [1.54, 1.807) is 13.2 Å². The van der Waals surface area contributed by atoms with E-state index in [4.69, 9.17) is 16.3 Å². The normalized spacial score (nSPS) is 15.8. The fraction of sp³-hybridized carbons (Fsp3) is 0.600. The van der Waals surface area contributed by atoms with Crippen molar-refractivity contribution in [3.8, 4) is 5.75 Å². The molecule has 150 valence electrons. The number of nitrogens with one attached hydrogen (secondary N) is 2. The minimum absolute atomic E-state index is 0.0581. The summed E-state index contributed by atoms with van der Waals surface area (Å²) in [6, 6.07) is 5.89. The van der Waals surface area contributed by atoms with Gasteiger partial charge in [0.05, 0.1) is 13.7 Å². The van der Waals surface area contributed by atoms with Crippen LogP contribution in [0.4, 0.5) is 0 Å². The Morgan fingerprint density at radius 2 is 2.07 bits per heavy atom. The van der Waals surface area contributed by atoms with Gasteiger partial charge in [-0.05, 0) is 31.9 Å². The lowest BCUT2D eigenvalue weighted by Gasteiger charge is -2.34. The third kappa shape index (κ3) is 6.31. The highest BCUT2D eigenvalue weighted by Crippen LogP contribution is 2.23. The molecule has 0 spiro atoms. The van der Waals surface area contributed by atoms with Crippen LogP contribution in [0.15, 0.2) is 23.2 Å². The fourth-order valence-corrected chi connectivity index (χ4v) is 3.30. The molecule has 27 heavy (non-hydrogen) atoms. The summed E-state index contributed by atoms with van der Waals surface area (Å²) in [4.78, 5) is 18.8. The minimum Gasteiger partial charge on any atom is -0.496 e. The molecule has 1 saturated heterocycles. The van der Waals surface area contributed by atoms with Crippen LogP contribution in [0, 0.1) is 5.92 Å². The Kier molecular flexibility index (Phi) is 8.23. The number of amides is 1. The van der Waals surface area contributed by atoms with Crippen molar-refractivity contribution < 1.29 is 9.53 Å². The summed E-state index contributed by atoms with van der Waals surface area (Å²) in [5.41, 5.74) is 0.983. The van der Waals surface area contributed by atoms with Crippen LogP contribution in [0.3, 0.4) is 0 Å². The van der Waals surface area contributed by atoms with Crippen LogP contribution >= 0.6 is 11.6 Å². The van der Waals surface area contributed by atoms with Gasteiger partial charge < -0.3 is 20.3 Å². The maximum atomic E-state index is 12.1. The Morgan fingerprint density at radius 3 is 2.67 bits per heavy atom. The molecule has 1 amide bonds. The summed E-state index contributed by atoms with van der Waals surface area (Å²) in [6.45, 7) is 8.82. The van der Waals surface area contributed by atoms with E-state index in [0.717, 1.165) is 49.7 Å². The van der Waals surface area contributed by atoms with Gasteiger partial charge in [0.15, 0.2) is 5.96 Å². The molecule has 7 heteroatoms. The number of benzene rings is 1. The number of carbonyl (C=O) groups is 1. The number of guanidine groups is 1. The second-order valence-electron chi connectivity index (χ2n) is 7.05.